The molecule has 0 aromatic rings. The van der Waals surface area contributed by atoms with Crippen LogP contribution in [0.5, 0.6) is 0 Å². The second kappa shape index (κ2) is 7.94. The van der Waals surface area contributed by atoms with E-state index in [1.54, 1.807) is 0 Å². The van der Waals surface area contributed by atoms with Gasteiger partial charge in [0.15, 0.2) is 0 Å². The molecule has 2 fully saturated rings. The zero-order valence-electron chi connectivity index (χ0n) is 19.0. The summed E-state index contributed by atoms with van der Waals surface area (Å²) < 4.78 is 11.0. The van der Waals surface area contributed by atoms with Crippen LogP contribution in [-0.2, 0) is 19.1 Å². The Morgan fingerprint density at radius 3 is 1.29 bits per heavy atom. The highest BCUT2D eigenvalue weighted by atomic mass is 16.5. The van der Waals surface area contributed by atoms with Crippen LogP contribution in [0.4, 0.5) is 0 Å². The van der Waals surface area contributed by atoms with Crippen LogP contribution >= 0.6 is 0 Å². The molecular formula is C22H40N2O4. The lowest BCUT2D eigenvalue weighted by molar-refractivity contribution is -0.152. The maximum atomic E-state index is 12.4. The molecule has 2 atom stereocenters. The van der Waals surface area contributed by atoms with Gasteiger partial charge < -0.3 is 20.1 Å². The molecule has 0 radical (unpaired) electrons. The van der Waals surface area contributed by atoms with Crippen molar-refractivity contribution in [2.24, 2.45) is 11.8 Å². The van der Waals surface area contributed by atoms with Gasteiger partial charge in [-0.25, -0.2) is 0 Å². The molecule has 0 aromatic carbocycles. The third-order valence-corrected chi connectivity index (χ3v) is 6.09. The molecular weight excluding hydrogens is 356 g/mol. The van der Waals surface area contributed by atoms with E-state index < -0.39 is 0 Å². The first-order chi connectivity index (χ1) is 12.7. The Morgan fingerprint density at radius 1 is 0.714 bits per heavy atom. The first-order valence-corrected chi connectivity index (χ1v) is 10.6. The quantitative estimate of drug-likeness (QED) is 0.508. The molecule has 2 aliphatic heterocycles. The van der Waals surface area contributed by atoms with E-state index in [9.17, 15) is 9.59 Å². The summed E-state index contributed by atoms with van der Waals surface area (Å²) in [5.41, 5.74) is -0.629. The Balaban J connectivity index is 1.66. The van der Waals surface area contributed by atoms with Gasteiger partial charge in [0.05, 0.1) is 25.0 Å². The zero-order chi connectivity index (χ0) is 21.4. The number of rotatable bonds is 7. The maximum absolute atomic E-state index is 12.4. The summed E-state index contributed by atoms with van der Waals surface area (Å²) >= 11 is 0. The zero-order valence-corrected chi connectivity index (χ0v) is 19.0. The van der Waals surface area contributed by atoms with Gasteiger partial charge in [0.2, 0.25) is 0 Å². The topological polar surface area (TPSA) is 76.7 Å². The van der Waals surface area contributed by atoms with Crippen LogP contribution in [0.2, 0.25) is 0 Å². The van der Waals surface area contributed by atoms with E-state index in [1.165, 1.54) is 0 Å². The van der Waals surface area contributed by atoms with E-state index in [-0.39, 0.29) is 45.9 Å². The van der Waals surface area contributed by atoms with Gasteiger partial charge in [-0.1, -0.05) is 0 Å². The molecule has 28 heavy (non-hydrogen) atoms. The van der Waals surface area contributed by atoms with E-state index in [2.05, 4.69) is 38.3 Å². The molecule has 0 bridgehead atoms. The minimum atomic E-state index is -0.258. The Morgan fingerprint density at radius 2 is 1.04 bits per heavy atom. The average Bonchev–Trinajstić information content (AvgIpc) is 2.87. The lowest BCUT2D eigenvalue weighted by Gasteiger charge is -2.27. The lowest BCUT2D eigenvalue weighted by atomic mass is 9.87. The van der Waals surface area contributed by atoms with E-state index in [4.69, 9.17) is 9.47 Å². The van der Waals surface area contributed by atoms with Crippen LogP contribution in [0.25, 0.3) is 0 Å². The van der Waals surface area contributed by atoms with Crippen LogP contribution in [-0.4, -0.2) is 47.3 Å². The van der Waals surface area contributed by atoms with Crippen molar-refractivity contribution >= 4 is 11.9 Å². The predicted molar refractivity (Wildman–Crippen MR) is 110 cm³/mol. The highest BCUT2D eigenvalue weighted by Crippen LogP contribution is 2.37. The minimum Gasteiger partial charge on any atom is -0.465 e. The Labute approximate surface area is 170 Å². The molecule has 162 valence electrons. The summed E-state index contributed by atoms with van der Waals surface area (Å²) in [4.78, 5) is 24.9. The first-order valence-electron chi connectivity index (χ1n) is 10.6. The molecule has 0 amide bonds. The van der Waals surface area contributed by atoms with Gasteiger partial charge in [-0.3, -0.25) is 9.59 Å². The van der Waals surface area contributed by atoms with Gasteiger partial charge in [0, 0.05) is 22.2 Å². The number of ether oxygens (including phenoxy) is 2. The molecule has 6 nitrogen and oxygen atoms in total. The summed E-state index contributed by atoms with van der Waals surface area (Å²) in [5.74, 6) is -0.552. The largest absolute Gasteiger partial charge is 0.465 e. The normalized spacial score (nSPS) is 29.4. The summed E-state index contributed by atoms with van der Waals surface area (Å²) in [7, 11) is 0. The molecule has 6 heteroatoms. The second-order valence-corrected chi connectivity index (χ2v) is 11.0. The SMILES string of the molecule is CC1(C)CC(C(=O)OCCCCOC(=O)C2CC(C)(C)NC2(C)C)C(C)(C)N1. The fourth-order valence-electron chi connectivity index (χ4n) is 5.06. The second-order valence-electron chi connectivity index (χ2n) is 11.0. The third kappa shape index (κ3) is 5.69. The van der Waals surface area contributed by atoms with Crippen LogP contribution in [0.15, 0.2) is 0 Å². The maximum Gasteiger partial charge on any atom is 0.310 e. The number of carbonyl (C=O) groups excluding carboxylic acids is 2. The number of hydrogen-bond acceptors (Lipinski definition) is 6. The lowest BCUT2D eigenvalue weighted by Crippen LogP contribution is -2.46. The molecule has 2 saturated heterocycles. The number of unbranched alkanes of at least 4 members (excludes halogenated alkanes) is 1. The van der Waals surface area contributed by atoms with Crippen molar-refractivity contribution in [3.05, 3.63) is 0 Å². The number of hydrogen-bond donors (Lipinski definition) is 2. The van der Waals surface area contributed by atoms with E-state index >= 15 is 0 Å². The van der Waals surface area contributed by atoms with Crippen molar-refractivity contribution in [3.63, 3.8) is 0 Å². The molecule has 2 aliphatic rings. The standard InChI is InChI=1S/C22H40N2O4/c1-19(2)13-15(21(5,6)23-19)17(25)27-11-9-10-12-28-18(26)16-14-20(3,4)24-22(16,7)8/h15-16,23-24H,9-14H2,1-8H3. The summed E-state index contributed by atoms with van der Waals surface area (Å²) in [5, 5.41) is 7.00. The van der Waals surface area contributed by atoms with Crippen molar-refractivity contribution in [2.45, 2.75) is 103 Å². The van der Waals surface area contributed by atoms with E-state index in [0.29, 0.717) is 26.1 Å². The first kappa shape index (κ1) is 23.1. The highest BCUT2D eigenvalue weighted by Gasteiger charge is 2.49. The van der Waals surface area contributed by atoms with Gasteiger partial charge in [-0.2, -0.15) is 0 Å². The number of carbonyl (C=O) groups is 2. The van der Waals surface area contributed by atoms with Crippen molar-refractivity contribution < 1.29 is 19.1 Å². The van der Waals surface area contributed by atoms with Gasteiger partial charge >= 0.3 is 11.9 Å². The Kier molecular flexibility index (Phi) is 6.56. The fraction of sp³-hybridized carbons (Fsp3) is 0.909. The molecule has 2 unspecified atom stereocenters. The monoisotopic (exact) mass is 396 g/mol. The third-order valence-electron chi connectivity index (χ3n) is 6.09. The van der Waals surface area contributed by atoms with Gasteiger partial charge in [0.1, 0.15) is 0 Å². The van der Waals surface area contributed by atoms with Crippen molar-refractivity contribution in [2.75, 3.05) is 13.2 Å². The van der Waals surface area contributed by atoms with E-state index in [0.717, 1.165) is 12.8 Å². The average molecular weight is 397 g/mol. The fourth-order valence-corrected chi connectivity index (χ4v) is 5.06. The smallest absolute Gasteiger partial charge is 0.310 e. The summed E-state index contributed by atoms with van der Waals surface area (Å²) in [6, 6.07) is 0. The number of esters is 2. The van der Waals surface area contributed by atoms with Crippen LogP contribution in [0, 0.1) is 11.8 Å². The number of nitrogens with one attached hydrogen (secondary N) is 2. The van der Waals surface area contributed by atoms with Crippen molar-refractivity contribution in [1.82, 2.24) is 10.6 Å². The van der Waals surface area contributed by atoms with Crippen molar-refractivity contribution in [1.29, 1.82) is 0 Å². The van der Waals surface area contributed by atoms with Crippen LogP contribution in [0.3, 0.4) is 0 Å². The summed E-state index contributed by atoms with van der Waals surface area (Å²) in [6.45, 7) is 17.4. The molecule has 0 aliphatic carbocycles. The predicted octanol–water partition coefficient (Wildman–Crippen LogP) is 3.19. The Hall–Kier alpha value is -1.14. The molecule has 2 heterocycles. The summed E-state index contributed by atoms with van der Waals surface area (Å²) in [6.07, 6.45) is 2.94. The molecule has 0 saturated carbocycles. The van der Waals surface area contributed by atoms with Crippen molar-refractivity contribution in [3.8, 4) is 0 Å². The Bertz CT molecular complexity index is 543. The molecule has 0 aromatic heterocycles. The molecule has 0 spiro atoms. The van der Waals surface area contributed by atoms with Crippen LogP contribution in [0.1, 0.15) is 81.1 Å². The molecule has 2 N–H and O–H groups in total. The highest BCUT2D eigenvalue weighted by molar-refractivity contribution is 5.75. The minimum absolute atomic E-state index is 0.0567. The molecule has 2 rings (SSSR count). The van der Waals surface area contributed by atoms with Gasteiger partial charge in [0.25, 0.3) is 0 Å². The van der Waals surface area contributed by atoms with Crippen LogP contribution < -0.4 is 10.6 Å². The van der Waals surface area contributed by atoms with Gasteiger partial charge in [-0.05, 0) is 81.1 Å². The van der Waals surface area contributed by atoms with Gasteiger partial charge in [-0.15, -0.1) is 0 Å². The van der Waals surface area contributed by atoms with E-state index in [1.807, 2.05) is 27.7 Å².